The van der Waals surface area contributed by atoms with E-state index in [-0.39, 0.29) is 26.2 Å². The summed E-state index contributed by atoms with van der Waals surface area (Å²) in [5.41, 5.74) is 0. The molecule has 0 bridgehead atoms. The van der Waals surface area contributed by atoms with E-state index in [1.54, 1.807) is 0 Å². The van der Waals surface area contributed by atoms with Gasteiger partial charge in [-0.2, -0.15) is 0 Å². The third-order valence-electron chi connectivity index (χ3n) is 2.64. The van der Waals surface area contributed by atoms with E-state index in [9.17, 15) is 19.2 Å². The van der Waals surface area contributed by atoms with E-state index in [4.69, 9.17) is 10.2 Å². The summed E-state index contributed by atoms with van der Waals surface area (Å²) in [6, 6.07) is 0. The Morgan fingerprint density at radius 2 is 0.950 bits per heavy atom. The van der Waals surface area contributed by atoms with Crippen LogP contribution >= 0.6 is 0 Å². The Kier molecular flexibility index (Phi) is 5.45. The van der Waals surface area contributed by atoms with E-state index in [0.717, 1.165) is 24.3 Å². The smallest absolute Gasteiger partial charge is 0.328 e. The highest BCUT2D eigenvalue weighted by atomic mass is 16.4. The van der Waals surface area contributed by atoms with Crippen LogP contribution in [0, 0.1) is 0 Å². The zero-order valence-electron chi connectivity index (χ0n) is 10.6. The molecule has 1 aliphatic rings. The van der Waals surface area contributed by atoms with Crippen molar-refractivity contribution < 1.29 is 29.4 Å². The van der Waals surface area contributed by atoms with Crippen molar-refractivity contribution in [2.75, 3.05) is 26.2 Å². The van der Waals surface area contributed by atoms with Crippen molar-refractivity contribution in [3.05, 3.63) is 24.3 Å². The molecule has 20 heavy (non-hydrogen) atoms. The fourth-order valence-corrected chi connectivity index (χ4v) is 1.64. The van der Waals surface area contributed by atoms with E-state index < -0.39 is 23.8 Å². The first-order valence-corrected chi connectivity index (χ1v) is 5.80. The van der Waals surface area contributed by atoms with Crippen molar-refractivity contribution in [2.45, 2.75) is 0 Å². The second-order valence-electron chi connectivity index (χ2n) is 3.99. The highest BCUT2D eigenvalue weighted by molar-refractivity contribution is 5.95. The molecule has 0 unspecified atom stereocenters. The van der Waals surface area contributed by atoms with Gasteiger partial charge in [-0.05, 0) is 0 Å². The van der Waals surface area contributed by atoms with Crippen LogP contribution in [-0.2, 0) is 19.2 Å². The molecule has 1 aliphatic heterocycles. The largest absolute Gasteiger partial charge is 0.478 e. The molecule has 8 nitrogen and oxygen atoms in total. The highest BCUT2D eigenvalue weighted by Crippen LogP contribution is 2.04. The maximum Gasteiger partial charge on any atom is 0.328 e. The molecule has 0 spiro atoms. The molecule has 1 fully saturated rings. The van der Waals surface area contributed by atoms with Gasteiger partial charge in [-0.15, -0.1) is 0 Å². The van der Waals surface area contributed by atoms with Crippen LogP contribution in [0.4, 0.5) is 0 Å². The first kappa shape index (κ1) is 15.4. The predicted molar refractivity (Wildman–Crippen MR) is 66.7 cm³/mol. The minimum absolute atomic E-state index is 0.273. The van der Waals surface area contributed by atoms with Gasteiger partial charge < -0.3 is 20.0 Å². The van der Waals surface area contributed by atoms with E-state index in [1.165, 1.54) is 9.80 Å². The zero-order chi connectivity index (χ0) is 15.1. The number of piperazine rings is 1. The van der Waals surface area contributed by atoms with Gasteiger partial charge in [0.2, 0.25) is 11.8 Å². The van der Waals surface area contributed by atoms with E-state index in [1.807, 2.05) is 0 Å². The Hall–Kier alpha value is -2.64. The van der Waals surface area contributed by atoms with Crippen LogP contribution in [0.1, 0.15) is 0 Å². The maximum atomic E-state index is 11.6. The lowest BCUT2D eigenvalue weighted by Gasteiger charge is -2.33. The van der Waals surface area contributed by atoms with Crippen LogP contribution in [0.3, 0.4) is 0 Å². The van der Waals surface area contributed by atoms with Crippen LogP contribution < -0.4 is 0 Å². The maximum absolute atomic E-state index is 11.6. The molecule has 2 N–H and O–H groups in total. The number of carbonyl (C=O) groups excluding carboxylic acids is 2. The molecule has 0 aromatic rings. The van der Waals surface area contributed by atoms with Crippen molar-refractivity contribution in [1.29, 1.82) is 0 Å². The van der Waals surface area contributed by atoms with Crippen LogP contribution in [-0.4, -0.2) is 69.9 Å². The lowest BCUT2D eigenvalue weighted by atomic mass is 10.3. The molecular formula is C12H14N2O6. The van der Waals surface area contributed by atoms with Crippen LogP contribution in [0.15, 0.2) is 24.3 Å². The molecule has 1 heterocycles. The normalized spacial score (nSPS) is 15.8. The fraction of sp³-hybridized carbons (Fsp3) is 0.333. The molecule has 0 aromatic carbocycles. The molecule has 0 saturated carbocycles. The SMILES string of the molecule is O=C(O)/C=C\C(=O)N1CCN(C(=O)/C=C/C(=O)O)CC1. The number of hydrogen-bond acceptors (Lipinski definition) is 4. The molecule has 8 heteroatoms. The van der Waals surface area contributed by atoms with Crippen LogP contribution in [0.25, 0.3) is 0 Å². The van der Waals surface area contributed by atoms with Crippen molar-refractivity contribution in [2.24, 2.45) is 0 Å². The zero-order valence-corrected chi connectivity index (χ0v) is 10.6. The number of aliphatic carboxylic acids is 2. The van der Waals surface area contributed by atoms with Gasteiger partial charge >= 0.3 is 11.9 Å². The number of rotatable bonds is 4. The first-order chi connectivity index (χ1) is 9.40. The number of carbonyl (C=O) groups is 4. The second kappa shape index (κ2) is 7.07. The first-order valence-electron chi connectivity index (χ1n) is 5.80. The van der Waals surface area contributed by atoms with Gasteiger partial charge in [0.05, 0.1) is 0 Å². The molecule has 0 aliphatic carbocycles. The minimum Gasteiger partial charge on any atom is -0.478 e. The van der Waals surface area contributed by atoms with Crippen LogP contribution in [0.5, 0.6) is 0 Å². The van der Waals surface area contributed by atoms with Gasteiger partial charge in [-0.1, -0.05) is 0 Å². The van der Waals surface area contributed by atoms with Crippen LogP contribution in [0.2, 0.25) is 0 Å². The van der Waals surface area contributed by atoms with E-state index in [0.29, 0.717) is 0 Å². The van der Waals surface area contributed by atoms with Crippen molar-refractivity contribution in [3.8, 4) is 0 Å². The fourth-order valence-electron chi connectivity index (χ4n) is 1.64. The Labute approximate surface area is 114 Å². The molecule has 0 atom stereocenters. The molecular weight excluding hydrogens is 268 g/mol. The predicted octanol–water partition coefficient (Wildman–Crippen LogP) is -1.06. The van der Waals surface area contributed by atoms with E-state index >= 15 is 0 Å². The van der Waals surface area contributed by atoms with E-state index in [2.05, 4.69) is 0 Å². The minimum atomic E-state index is -1.20. The summed E-state index contributed by atoms with van der Waals surface area (Å²) in [5.74, 6) is -3.27. The Bertz CT molecular complexity index is 430. The number of nitrogens with zero attached hydrogens (tertiary/aromatic N) is 2. The number of amides is 2. The van der Waals surface area contributed by atoms with Crippen molar-refractivity contribution in [1.82, 2.24) is 9.80 Å². The standard InChI is InChI=1S/C12H14N2O6/c15-9(1-3-11(17)18)13-5-7-14(8-6-13)10(16)2-4-12(19)20/h1-4H,5-8H2,(H,17,18)(H,19,20)/b3-1-,4-2+. The van der Waals surface area contributed by atoms with Crippen molar-refractivity contribution >= 4 is 23.8 Å². The van der Waals surface area contributed by atoms with Gasteiger partial charge in [0.25, 0.3) is 0 Å². The van der Waals surface area contributed by atoms with Gasteiger partial charge in [0.1, 0.15) is 0 Å². The topological polar surface area (TPSA) is 115 Å². The molecule has 2 amide bonds. The molecule has 1 saturated heterocycles. The summed E-state index contributed by atoms with van der Waals surface area (Å²) in [6.07, 6.45) is 3.44. The lowest BCUT2D eigenvalue weighted by molar-refractivity contribution is -0.135. The quantitative estimate of drug-likeness (QED) is 0.635. The Morgan fingerprint density at radius 1 is 0.650 bits per heavy atom. The van der Waals surface area contributed by atoms with Gasteiger partial charge in [-0.25, -0.2) is 9.59 Å². The van der Waals surface area contributed by atoms with Gasteiger partial charge in [0.15, 0.2) is 0 Å². The third kappa shape index (κ3) is 4.92. The summed E-state index contributed by atoms with van der Waals surface area (Å²) >= 11 is 0. The molecule has 0 aromatic heterocycles. The number of carboxylic acid groups (broad SMARTS) is 2. The van der Waals surface area contributed by atoms with Gasteiger partial charge in [-0.3, -0.25) is 9.59 Å². The number of hydrogen-bond donors (Lipinski definition) is 2. The molecule has 0 radical (unpaired) electrons. The highest BCUT2D eigenvalue weighted by Gasteiger charge is 2.21. The lowest BCUT2D eigenvalue weighted by Crippen LogP contribution is -2.49. The molecule has 108 valence electrons. The van der Waals surface area contributed by atoms with Gasteiger partial charge in [0, 0.05) is 50.5 Å². The number of carboxylic acids is 2. The summed E-state index contributed by atoms with van der Waals surface area (Å²) in [4.78, 5) is 46.6. The van der Waals surface area contributed by atoms with Crippen molar-refractivity contribution in [3.63, 3.8) is 0 Å². The summed E-state index contributed by atoms with van der Waals surface area (Å²) in [6.45, 7) is 1.09. The monoisotopic (exact) mass is 282 g/mol. The third-order valence-corrected chi connectivity index (χ3v) is 2.64. The molecule has 1 rings (SSSR count). The summed E-state index contributed by atoms with van der Waals surface area (Å²) in [5, 5.41) is 16.8. The average molecular weight is 282 g/mol. The Balaban J connectivity index is 2.47. The second-order valence-corrected chi connectivity index (χ2v) is 3.99. The summed E-state index contributed by atoms with van der Waals surface area (Å²) in [7, 11) is 0. The summed E-state index contributed by atoms with van der Waals surface area (Å²) < 4.78 is 0. The average Bonchev–Trinajstić information content (AvgIpc) is 2.42. The Morgan fingerprint density at radius 3 is 1.20 bits per heavy atom.